The van der Waals surface area contributed by atoms with Crippen molar-refractivity contribution in [2.45, 2.75) is 11.8 Å². The van der Waals surface area contributed by atoms with Crippen molar-refractivity contribution in [2.24, 2.45) is 0 Å². The summed E-state index contributed by atoms with van der Waals surface area (Å²) in [4.78, 5) is 11.8. The van der Waals surface area contributed by atoms with Gasteiger partial charge < -0.3 is 5.32 Å². The highest BCUT2D eigenvalue weighted by Gasteiger charge is 2.22. The first kappa shape index (κ1) is 17.0. The second kappa shape index (κ2) is 6.78. The third-order valence-corrected chi connectivity index (χ3v) is 5.06. The second-order valence-electron chi connectivity index (χ2n) is 4.84. The van der Waals surface area contributed by atoms with E-state index in [4.69, 9.17) is 0 Å². The zero-order valence-corrected chi connectivity index (χ0v) is 13.6. The molecule has 0 saturated heterocycles. The van der Waals surface area contributed by atoms with Crippen LogP contribution in [0.1, 0.15) is 17.3 Å². The fourth-order valence-electron chi connectivity index (χ4n) is 2.01. The van der Waals surface area contributed by atoms with Crippen molar-refractivity contribution in [3.63, 3.8) is 0 Å². The lowest BCUT2D eigenvalue weighted by molar-refractivity contribution is 0.0955. The van der Waals surface area contributed by atoms with Crippen molar-refractivity contribution in [1.29, 1.82) is 0 Å². The molecule has 0 bridgehead atoms. The molecule has 0 aliphatic carbocycles. The Hall–Kier alpha value is -2.41. The summed E-state index contributed by atoms with van der Waals surface area (Å²) in [7, 11) is -2.47. The highest BCUT2D eigenvalue weighted by Crippen LogP contribution is 2.22. The largest absolute Gasteiger partial charge is 0.352 e. The van der Waals surface area contributed by atoms with Gasteiger partial charge in [0.2, 0.25) is 0 Å². The average Bonchev–Trinajstić information content (AvgIpc) is 2.55. The van der Waals surface area contributed by atoms with Gasteiger partial charge in [0.05, 0.1) is 10.6 Å². The average molecular weight is 336 g/mol. The van der Waals surface area contributed by atoms with Crippen LogP contribution in [0.4, 0.5) is 10.1 Å². The number of carbonyl (C=O) groups excluding carboxylic acids is 1. The van der Waals surface area contributed by atoms with E-state index in [9.17, 15) is 17.6 Å². The Morgan fingerprint density at radius 2 is 1.83 bits per heavy atom. The Balaban J connectivity index is 2.37. The van der Waals surface area contributed by atoms with E-state index in [0.717, 1.165) is 4.31 Å². The fourth-order valence-corrected chi connectivity index (χ4v) is 3.25. The van der Waals surface area contributed by atoms with E-state index in [2.05, 4.69) is 5.32 Å². The quantitative estimate of drug-likeness (QED) is 0.912. The Kier molecular flexibility index (Phi) is 5.00. The second-order valence-corrected chi connectivity index (χ2v) is 6.81. The lowest BCUT2D eigenvalue weighted by Crippen LogP contribution is -2.27. The fraction of sp³-hybridized carbons (Fsp3) is 0.188. The SMILES string of the molecule is CCNC(=O)c1cccc(S(=O)(=O)N(C)c2ccc(F)cc2)c1. The molecular weight excluding hydrogens is 319 g/mol. The van der Waals surface area contributed by atoms with Crippen LogP contribution >= 0.6 is 0 Å². The molecule has 2 rings (SSSR count). The molecule has 0 spiro atoms. The van der Waals surface area contributed by atoms with Crippen LogP contribution in [0.25, 0.3) is 0 Å². The molecule has 1 amide bonds. The number of anilines is 1. The van der Waals surface area contributed by atoms with E-state index in [1.807, 2.05) is 0 Å². The van der Waals surface area contributed by atoms with Crippen LogP contribution in [0.3, 0.4) is 0 Å². The van der Waals surface area contributed by atoms with Gasteiger partial charge in [-0.05, 0) is 49.4 Å². The van der Waals surface area contributed by atoms with E-state index in [1.54, 1.807) is 13.0 Å². The topological polar surface area (TPSA) is 66.5 Å². The highest BCUT2D eigenvalue weighted by molar-refractivity contribution is 7.92. The van der Waals surface area contributed by atoms with E-state index < -0.39 is 15.8 Å². The van der Waals surface area contributed by atoms with E-state index in [1.165, 1.54) is 49.5 Å². The predicted molar refractivity (Wildman–Crippen MR) is 86.4 cm³/mol. The van der Waals surface area contributed by atoms with Crippen molar-refractivity contribution in [3.05, 3.63) is 59.9 Å². The first-order valence-corrected chi connectivity index (χ1v) is 8.43. The minimum absolute atomic E-state index is 0.00641. The van der Waals surface area contributed by atoms with Crippen LogP contribution in [-0.2, 0) is 10.0 Å². The lowest BCUT2D eigenvalue weighted by atomic mass is 10.2. The van der Waals surface area contributed by atoms with Gasteiger partial charge in [0.15, 0.2) is 0 Å². The number of amides is 1. The van der Waals surface area contributed by atoms with Gasteiger partial charge >= 0.3 is 0 Å². The number of nitrogens with one attached hydrogen (secondary N) is 1. The third-order valence-electron chi connectivity index (χ3n) is 3.28. The van der Waals surface area contributed by atoms with Gasteiger partial charge in [-0.25, -0.2) is 12.8 Å². The Morgan fingerprint density at radius 1 is 1.17 bits per heavy atom. The van der Waals surface area contributed by atoms with Gasteiger partial charge in [-0.15, -0.1) is 0 Å². The summed E-state index contributed by atoms with van der Waals surface area (Å²) in [6.07, 6.45) is 0. The van der Waals surface area contributed by atoms with Gasteiger partial charge in [-0.2, -0.15) is 0 Å². The lowest BCUT2D eigenvalue weighted by Gasteiger charge is -2.19. The third kappa shape index (κ3) is 3.68. The smallest absolute Gasteiger partial charge is 0.264 e. The maximum atomic E-state index is 13.0. The first-order chi connectivity index (χ1) is 10.9. The number of sulfonamides is 1. The predicted octanol–water partition coefficient (Wildman–Crippen LogP) is 2.40. The van der Waals surface area contributed by atoms with Crippen LogP contribution in [0.2, 0.25) is 0 Å². The van der Waals surface area contributed by atoms with Crippen LogP contribution in [0, 0.1) is 5.82 Å². The number of nitrogens with zero attached hydrogens (tertiary/aromatic N) is 1. The maximum absolute atomic E-state index is 13.0. The number of halogens is 1. The zero-order chi connectivity index (χ0) is 17.0. The molecule has 0 aliphatic heterocycles. The monoisotopic (exact) mass is 336 g/mol. The standard InChI is InChI=1S/C16H17FN2O3S/c1-3-18-16(20)12-5-4-6-15(11-12)23(21,22)19(2)14-9-7-13(17)8-10-14/h4-11H,3H2,1-2H3,(H,18,20). The van der Waals surface area contributed by atoms with Crippen LogP contribution in [0.5, 0.6) is 0 Å². The molecule has 0 aromatic heterocycles. The van der Waals surface area contributed by atoms with Gasteiger partial charge in [-0.1, -0.05) is 6.07 Å². The number of hydrogen-bond acceptors (Lipinski definition) is 3. The van der Waals surface area contributed by atoms with Gasteiger partial charge in [0.1, 0.15) is 5.82 Å². The molecule has 7 heteroatoms. The molecule has 5 nitrogen and oxygen atoms in total. The Bertz CT molecular complexity index is 804. The van der Waals surface area contributed by atoms with Crippen LogP contribution in [-0.4, -0.2) is 27.9 Å². The first-order valence-electron chi connectivity index (χ1n) is 6.99. The summed E-state index contributed by atoms with van der Waals surface area (Å²) in [5.74, 6) is -0.785. The number of benzene rings is 2. The van der Waals surface area contributed by atoms with Gasteiger partial charge in [0.25, 0.3) is 15.9 Å². The molecule has 1 N–H and O–H groups in total. The summed E-state index contributed by atoms with van der Waals surface area (Å²) in [6.45, 7) is 2.23. The molecule has 23 heavy (non-hydrogen) atoms. The van der Waals surface area contributed by atoms with E-state index >= 15 is 0 Å². The summed E-state index contributed by atoms with van der Waals surface area (Å²) >= 11 is 0. The molecule has 0 aliphatic rings. The molecule has 0 atom stereocenters. The Labute approximate surface area is 134 Å². The maximum Gasteiger partial charge on any atom is 0.264 e. The number of carbonyl (C=O) groups is 1. The molecule has 0 radical (unpaired) electrons. The summed E-state index contributed by atoms with van der Waals surface area (Å²) < 4.78 is 39.3. The molecule has 2 aromatic rings. The van der Waals surface area contributed by atoms with Crippen LogP contribution < -0.4 is 9.62 Å². The number of rotatable bonds is 5. The molecule has 0 fully saturated rings. The van der Waals surface area contributed by atoms with Crippen LogP contribution in [0.15, 0.2) is 53.4 Å². The van der Waals surface area contributed by atoms with Crippen molar-refractivity contribution in [3.8, 4) is 0 Å². The molecular formula is C16H17FN2O3S. The zero-order valence-electron chi connectivity index (χ0n) is 12.8. The number of hydrogen-bond donors (Lipinski definition) is 1. The minimum Gasteiger partial charge on any atom is -0.352 e. The van der Waals surface area contributed by atoms with E-state index in [-0.39, 0.29) is 16.4 Å². The van der Waals surface area contributed by atoms with Gasteiger partial charge in [0, 0.05) is 19.2 Å². The molecule has 0 heterocycles. The van der Waals surface area contributed by atoms with E-state index in [0.29, 0.717) is 12.2 Å². The Morgan fingerprint density at radius 3 is 2.43 bits per heavy atom. The summed E-state index contributed by atoms with van der Waals surface area (Å²) in [6, 6.07) is 10.9. The van der Waals surface area contributed by atoms with Crippen molar-refractivity contribution in [1.82, 2.24) is 5.32 Å². The van der Waals surface area contributed by atoms with Crippen molar-refractivity contribution < 1.29 is 17.6 Å². The minimum atomic E-state index is -3.84. The molecule has 122 valence electrons. The summed E-state index contributed by atoms with van der Waals surface area (Å²) in [5.41, 5.74) is 0.593. The summed E-state index contributed by atoms with van der Waals surface area (Å²) in [5, 5.41) is 2.62. The normalized spacial score (nSPS) is 11.1. The molecule has 0 saturated carbocycles. The molecule has 2 aromatic carbocycles. The van der Waals surface area contributed by atoms with Crippen molar-refractivity contribution >= 4 is 21.6 Å². The van der Waals surface area contributed by atoms with Crippen molar-refractivity contribution in [2.75, 3.05) is 17.9 Å². The highest BCUT2D eigenvalue weighted by atomic mass is 32.2. The van der Waals surface area contributed by atoms with Gasteiger partial charge in [-0.3, -0.25) is 9.10 Å². The molecule has 0 unspecified atom stereocenters.